The van der Waals surface area contributed by atoms with Crippen LogP contribution in [-0.2, 0) is 6.42 Å². The van der Waals surface area contributed by atoms with Crippen molar-refractivity contribution in [3.8, 4) is 11.5 Å². The normalized spacial score (nSPS) is 16.8. The van der Waals surface area contributed by atoms with Gasteiger partial charge in [0.15, 0.2) is 0 Å². The minimum absolute atomic E-state index is 0.0872. The van der Waals surface area contributed by atoms with Gasteiger partial charge in [-0.2, -0.15) is 0 Å². The summed E-state index contributed by atoms with van der Waals surface area (Å²) in [6.45, 7) is 0.413. The third-order valence-corrected chi connectivity index (χ3v) is 3.23. The summed E-state index contributed by atoms with van der Waals surface area (Å²) >= 11 is 5.88. The first-order valence-electron chi connectivity index (χ1n) is 6.04. The van der Waals surface area contributed by atoms with Crippen LogP contribution in [0.2, 0.25) is 5.02 Å². The summed E-state index contributed by atoms with van der Waals surface area (Å²) in [5, 5.41) is 0.634. The lowest BCUT2D eigenvalue weighted by Crippen LogP contribution is -2.22. The van der Waals surface area contributed by atoms with E-state index >= 15 is 0 Å². The van der Waals surface area contributed by atoms with Crippen molar-refractivity contribution in [2.24, 2.45) is 0 Å². The molecule has 2 nitrogen and oxygen atoms in total. The van der Waals surface area contributed by atoms with Gasteiger partial charge in [-0.15, -0.1) is 0 Å². The highest BCUT2D eigenvalue weighted by molar-refractivity contribution is 6.30. The SMILES string of the molecule is Fc1ccc2c(c1)CC(COc1cccc(Cl)c1)O2. The second-order valence-electron chi connectivity index (χ2n) is 4.46. The van der Waals surface area contributed by atoms with Crippen LogP contribution in [0.15, 0.2) is 42.5 Å². The van der Waals surface area contributed by atoms with Gasteiger partial charge < -0.3 is 9.47 Å². The van der Waals surface area contributed by atoms with E-state index in [2.05, 4.69) is 0 Å². The van der Waals surface area contributed by atoms with Gasteiger partial charge >= 0.3 is 0 Å². The first kappa shape index (κ1) is 12.3. The quantitative estimate of drug-likeness (QED) is 0.849. The summed E-state index contributed by atoms with van der Waals surface area (Å²) in [5.74, 6) is 1.21. The molecule has 1 atom stereocenters. The molecule has 3 rings (SSSR count). The van der Waals surface area contributed by atoms with Gasteiger partial charge in [-0.3, -0.25) is 0 Å². The van der Waals surface area contributed by atoms with Gasteiger partial charge in [-0.05, 0) is 36.4 Å². The van der Waals surface area contributed by atoms with E-state index in [1.54, 1.807) is 18.2 Å². The molecule has 0 N–H and O–H groups in total. The van der Waals surface area contributed by atoms with Gasteiger partial charge in [0, 0.05) is 17.0 Å². The van der Waals surface area contributed by atoms with Crippen LogP contribution in [0, 0.1) is 5.82 Å². The Morgan fingerprint density at radius 3 is 3.00 bits per heavy atom. The lowest BCUT2D eigenvalue weighted by Gasteiger charge is -2.12. The van der Waals surface area contributed by atoms with E-state index in [0.717, 1.165) is 11.3 Å². The van der Waals surface area contributed by atoms with Crippen LogP contribution >= 0.6 is 11.6 Å². The van der Waals surface area contributed by atoms with E-state index < -0.39 is 0 Å². The van der Waals surface area contributed by atoms with Crippen LogP contribution in [0.3, 0.4) is 0 Å². The van der Waals surface area contributed by atoms with Crippen molar-refractivity contribution in [3.05, 3.63) is 58.9 Å². The van der Waals surface area contributed by atoms with Crippen LogP contribution in [0.4, 0.5) is 4.39 Å². The molecule has 1 heterocycles. The number of halogens is 2. The monoisotopic (exact) mass is 278 g/mol. The smallest absolute Gasteiger partial charge is 0.137 e. The van der Waals surface area contributed by atoms with E-state index in [-0.39, 0.29) is 11.9 Å². The Morgan fingerprint density at radius 2 is 2.16 bits per heavy atom. The van der Waals surface area contributed by atoms with Crippen molar-refractivity contribution >= 4 is 11.6 Å². The molecule has 0 aromatic heterocycles. The Bertz CT molecular complexity index is 600. The predicted molar refractivity (Wildman–Crippen MR) is 71.5 cm³/mol. The molecule has 0 spiro atoms. The minimum atomic E-state index is -0.237. The van der Waals surface area contributed by atoms with Crippen molar-refractivity contribution in [1.82, 2.24) is 0 Å². The van der Waals surface area contributed by atoms with Gasteiger partial charge in [-0.1, -0.05) is 17.7 Å². The molecule has 0 radical (unpaired) electrons. The lowest BCUT2D eigenvalue weighted by atomic mass is 10.1. The number of hydrogen-bond donors (Lipinski definition) is 0. The third kappa shape index (κ3) is 2.82. The molecular formula is C15H12ClFO2. The van der Waals surface area contributed by atoms with Crippen LogP contribution in [-0.4, -0.2) is 12.7 Å². The molecule has 0 fully saturated rings. The molecule has 2 aromatic rings. The van der Waals surface area contributed by atoms with E-state index in [4.69, 9.17) is 21.1 Å². The Balaban J connectivity index is 1.62. The van der Waals surface area contributed by atoms with Crippen LogP contribution in [0.5, 0.6) is 11.5 Å². The number of benzene rings is 2. The Kier molecular flexibility index (Phi) is 3.30. The van der Waals surface area contributed by atoms with Gasteiger partial charge in [0.2, 0.25) is 0 Å². The first-order valence-corrected chi connectivity index (χ1v) is 6.42. The molecule has 19 heavy (non-hydrogen) atoms. The first-order chi connectivity index (χ1) is 9.20. The van der Waals surface area contributed by atoms with Crippen molar-refractivity contribution in [1.29, 1.82) is 0 Å². The fourth-order valence-corrected chi connectivity index (χ4v) is 2.31. The van der Waals surface area contributed by atoms with Crippen LogP contribution < -0.4 is 9.47 Å². The number of fused-ring (bicyclic) bond motifs is 1. The molecule has 0 saturated carbocycles. The number of hydrogen-bond acceptors (Lipinski definition) is 2. The summed E-state index contributed by atoms with van der Waals surface area (Å²) in [6, 6.07) is 11.8. The molecular weight excluding hydrogens is 267 g/mol. The third-order valence-electron chi connectivity index (χ3n) is 3.00. The molecule has 1 unspecified atom stereocenters. The molecule has 0 aliphatic carbocycles. The summed E-state index contributed by atoms with van der Waals surface area (Å²) in [4.78, 5) is 0. The van der Waals surface area contributed by atoms with E-state index in [1.807, 2.05) is 12.1 Å². The molecule has 0 amide bonds. The fraction of sp³-hybridized carbons (Fsp3) is 0.200. The van der Waals surface area contributed by atoms with E-state index in [0.29, 0.717) is 23.8 Å². The standard InChI is InChI=1S/C15H12ClFO2/c16-11-2-1-3-13(8-11)18-9-14-7-10-6-12(17)4-5-15(10)19-14/h1-6,8,14H,7,9H2. The van der Waals surface area contributed by atoms with Crippen molar-refractivity contribution in [2.45, 2.75) is 12.5 Å². The molecule has 2 aromatic carbocycles. The Labute approximate surface area is 115 Å². The molecule has 98 valence electrons. The average molecular weight is 279 g/mol. The van der Waals surface area contributed by atoms with Gasteiger partial charge in [0.25, 0.3) is 0 Å². The molecule has 1 aliphatic rings. The van der Waals surface area contributed by atoms with Crippen molar-refractivity contribution in [3.63, 3.8) is 0 Å². The Morgan fingerprint density at radius 1 is 1.26 bits per heavy atom. The summed E-state index contributed by atoms with van der Waals surface area (Å²) < 4.78 is 24.4. The molecule has 0 saturated heterocycles. The maximum atomic E-state index is 13.1. The topological polar surface area (TPSA) is 18.5 Å². The number of ether oxygens (including phenoxy) is 2. The maximum Gasteiger partial charge on any atom is 0.137 e. The zero-order valence-electron chi connectivity index (χ0n) is 10.1. The fourth-order valence-electron chi connectivity index (χ4n) is 2.13. The largest absolute Gasteiger partial charge is 0.490 e. The summed E-state index contributed by atoms with van der Waals surface area (Å²) in [5.41, 5.74) is 0.889. The van der Waals surface area contributed by atoms with Gasteiger partial charge in [0.1, 0.15) is 30.0 Å². The molecule has 1 aliphatic heterocycles. The van der Waals surface area contributed by atoms with Crippen LogP contribution in [0.1, 0.15) is 5.56 Å². The zero-order chi connectivity index (χ0) is 13.2. The summed E-state index contributed by atoms with van der Waals surface area (Å²) in [7, 11) is 0. The van der Waals surface area contributed by atoms with Crippen molar-refractivity contribution in [2.75, 3.05) is 6.61 Å². The van der Waals surface area contributed by atoms with Gasteiger partial charge in [0.05, 0.1) is 0 Å². The maximum absolute atomic E-state index is 13.1. The second kappa shape index (κ2) is 5.10. The predicted octanol–water partition coefficient (Wildman–Crippen LogP) is 3.86. The average Bonchev–Trinajstić information content (AvgIpc) is 2.78. The second-order valence-corrected chi connectivity index (χ2v) is 4.90. The Hall–Kier alpha value is -1.74. The van der Waals surface area contributed by atoms with Crippen LogP contribution in [0.25, 0.3) is 0 Å². The van der Waals surface area contributed by atoms with E-state index in [9.17, 15) is 4.39 Å². The molecule has 4 heteroatoms. The highest BCUT2D eigenvalue weighted by Crippen LogP contribution is 2.29. The highest BCUT2D eigenvalue weighted by atomic mass is 35.5. The number of rotatable bonds is 3. The van der Waals surface area contributed by atoms with Crippen molar-refractivity contribution < 1.29 is 13.9 Å². The summed E-state index contributed by atoms with van der Waals surface area (Å²) in [6.07, 6.45) is 0.573. The molecule has 0 bridgehead atoms. The van der Waals surface area contributed by atoms with E-state index in [1.165, 1.54) is 12.1 Å². The lowest BCUT2D eigenvalue weighted by molar-refractivity contribution is 0.148. The van der Waals surface area contributed by atoms with Gasteiger partial charge in [-0.25, -0.2) is 4.39 Å². The highest BCUT2D eigenvalue weighted by Gasteiger charge is 2.23. The zero-order valence-corrected chi connectivity index (χ0v) is 10.9. The minimum Gasteiger partial charge on any atom is -0.490 e.